The molecule has 0 spiro atoms. The number of nitro benzene ring substituents is 1. The number of rotatable bonds is 6. The second-order valence-corrected chi connectivity index (χ2v) is 8.33. The van der Waals surface area contributed by atoms with Gasteiger partial charge < -0.3 is 20.7 Å². The first kappa shape index (κ1) is 23.0. The third-order valence-corrected chi connectivity index (χ3v) is 4.45. The molecule has 0 heterocycles. The fourth-order valence-electron chi connectivity index (χ4n) is 2.21. The van der Waals surface area contributed by atoms with E-state index in [0.717, 1.165) is 0 Å². The zero-order chi connectivity index (χ0) is 21.6. The Morgan fingerprint density at radius 1 is 1.14 bits per heavy atom. The fourth-order valence-corrected chi connectivity index (χ4v) is 2.77. The Morgan fingerprint density at radius 3 is 2.31 bits per heavy atom. The van der Waals surface area contributed by atoms with E-state index in [1.165, 1.54) is 24.3 Å². The fraction of sp³-hybridized carbons (Fsp3) is 0.176. The van der Waals surface area contributed by atoms with Gasteiger partial charge in [-0.3, -0.25) is 14.9 Å². The predicted molar refractivity (Wildman–Crippen MR) is 117 cm³/mol. The molecule has 1 amide bonds. The first-order valence-corrected chi connectivity index (χ1v) is 9.48. The number of anilines is 1. The highest BCUT2D eigenvalue weighted by Gasteiger charge is 2.36. The number of carbonyl (C=O) groups is 1. The molecule has 2 aromatic rings. The summed E-state index contributed by atoms with van der Waals surface area (Å²) in [6, 6.07) is 12.3. The average Bonchev–Trinajstić information content (AvgIpc) is 2.67. The Balaban J connectivity index is 2.12. The highest BCUT2D eigenvalue weighted by Crippen LogP contribution is 2.30. The first-order valence-electron chi connectivity index (χ1n) is 7.94. The van der Waals surface area contributed by atoms with Crippen molar-refractivity contribution < 1.29 is 14.5 Å². The van der Waals surface area contributed by atoms with Gasteiger partial charge in [0.2, 0.25) is 3.79 Å². The van der Waals surface area contributed by atoms with Crippen molar-refractivity contribution in [1.82, 2.24) is 10.6 Å². The summed E-state index contributed by atoms with van der Waals surface area (Å²) < 4.78 is 3.06. The predicted octanol–water partition coefficient (Wildman–Crippen LogP) is 4.02. The number of thiocarbonyl (C=S) groups is 1. The largest absolute Gasteiger partial charge is 0.497 e. The molecule has 0 aliphatic rings. The van der Waals surface area contributed by atoms with Crippen LogP contribution in [0.4, 0.5) is 11.4 Å². The van der Waals surface area contributed by atoms with Gasteiger partial charge in [-0.25, -0.2) is 0 Å². The van der Waals surface area contributed by atoms with Crippen molar-refractivity contribution in [2.45, 2.75) is 9.96 Å². The Kier molecular flexibility index (Phi) is 7.86. The molecule has 154 valence electrons. The Labute approximate surface area is 186 Å². The number of hydrogen-bond donors (Lipinski definition) is 3. The van der Waals surface area contributed by atoms with Crippen LogP contribution in [0.5, 0.6) is 5.75 Å². The van der Waals surface area contributed by atoms with E-state index in [2.05, 4.69) is 16.0 Å². The van der Waals surface area contributed by atoms with Crippen LogP contribution in [0.2, 0.25) is 0 Å². The monoisotopic (exact) mass is 476 g/mol. The molecule has 0 bridgehead atoms. The number of hydrogen-bond acceptors (Lipinski definition) is 5. The molecule has 2 aromatic carbocycles. The third-order valence-electron chi connectivity index (χ3n) is 3.57. The highest BCUT2D eigenvalue weighted by molar-refractivity contribution is 7.80. The summed E-state index contributed by atoms with van der Waals surface area (Å²) in [5, 5.41) is 19.1. The van der Waals surface area contributed by atoms with Gasteiger partial charge in [0, 0.05) is 11.8 Å². The summed E-state index contributed by atoms with van der Waals surface area (Å²) in [6.45, 7) is 0. The molecule has 0 unspecified atom stereocenters. The van der Waals surface area contributed by atoms with Gasteiger partial charge in [0.05, 0.1) is 12.0 Å². The van der Waals surface area contributed by atoms with E-state index < -0.39 is 20.8 Å². The molecular weight excluding hydrogens is 463 g/mol. The zero-order valence-electron chi connectivity index (χ0n) is 14.8. The summed E-state index contributed by atoms with van der Waals surface area (Å²) >= 11 is 23.0. The van der Waals surface area contributed by atoms with Crippen molar-refractivity contribution in [1.29, 1.82) is 0 Å². The lowest BCUT2D eigenvalue weighted by molar-refractivity contribution is -0.385. The van der Waals surface area contributed by atoms with Crippen LogP contribution in [-0.2, 0) is 0 Å². The van der Waals surface area contributed by atoms with Gasteiger partial charge in [0.25, 0.3) is 11.6 Å². The van der Waals surface area contributed by atoms with Crippen molar-refractivity contribution in [3.05, 3.63) is 64.2 Å². The maximum absolute atomic E-state index is 12.5. The number of benzene rings is 2. The number of halogens is 3. The lowest BCUT2D eigenvalue weighted by Crippen LogP contribution is -2.56. The second kappa shape index (κ2) is 9.93. The quantitative estimate of drug-likeness (QED) is 0.190. The molecule has 0 aliphatic heterocycles. The van der Waals surface area contributed by atoms with Crippen LogP contribution < -0.4 is 20.7 Å². The van der Waals surface area contributed by atoms with Crippen molar-refractivity contribution in [3.63, 3.8) is 0 Å². The normalized spacial score (nSPS) is 11.9. The minimum absolute atomic E-state index is 0.0503. The molecule has 2 rings (SSSR count). The van der Waals surface area contributed by atoms with Crippen molar-refractivity contribution in [2.24, 2.45) is 0 Å². The summed E-state index contributed by atoms with van der Waals surface area (Å²) in [6.07, 6.45) is -1.28. The molecule has 1 atom stereocenters. The standard InChI is InChI=1S/C17H15Cl3N4O4S/c1-28-11-8-6-10(7-9-11)21-16(29)23-15(17(18,19)20)22-14(25)12-4-2-3-5-13(12)24(26)27/h2-9,15H,1H3,(H,22,25)(H2,21,23,29)/t15-/m0/s1. The van der Waals surface area contributed by atoms with E-state index in [1.54, 1.807) is 31.4 Å². The van der Waals surface area contributed by atoms with E-state index in [9.17, 15) is 14.9 Å². The van der Waals surface area contributed by atoms with Crippen LogP contribution in [0.3, 0.4) is 0 Å². The van der Waals surface area contributed by atoms with Gasteiger partial charge in [-0.05, 0) is 42.5 Å². The van der Waals surface area contributed by atoms with Crippen molar-refractivity contribution in [3.8, 4) is 5.75 Å². The van der Waals surface area contributed by atoms with E-state index in [1.807, 2.05) is 0 Å². The van der Waals surface area contributed by atoms with E-state index in [4.69, 9.17) is 51.8 Å². The van der Waals surface area contributed by atoms with Crippen molar-refractivity contribution >= 4 is 69.4 Å². The van der Waals surface area contributed by atoms with E-state index in [0.29, 0.717) is 11.4 Å². The number of alkyl halides is 3. The molecule has 0 fully saturated rings. The van der Waals surface area contributed by atoms with E-state index in [-0.39, 0.29) is 16.4 Å². The van der Waals surface area contributed by atoms with Gasteiger partial charge in [-0.15, -0.1) is 0 Å². The maximum atomic E-state index is 12.5. The number of amides is 1. The van der Waals surface area contributed by atoms with Gasteiger partial charge in [0.15, 0.2) is 5.11 Å². The summed E-state index contributed by atoms with van der Waals surface area (Å²) in [5.74, 6) is -0.154. The van der Waals surface area contributed by atoms with Crippen LogP contribution in [0, 0.1) is 10.1 Å². The molecule has 0 radical (unpaired) electrons. The Morgan fingerprint density at radius 2 is 1.76 bits per heavy atom. The molecular formula is C17H15Cl3N4O4S. The smallest absolute Gasteiger partial charge is 0.282 e. The highest BCUT2D eigenvalue weighted by atomic mass is 35.6. The molecule has 0 saturated heterocycles. The molecule has 0 aromatic heterocycles. The van der Waals surface area contributed by atoms with Crippen LogP contribution in [0.1, 0.15) is 10.4 Å². The summed E-state index contributed by atoms with van der Waals surface area (Å²) in [5.41, 5.74) is 0.0518. The summed E-state index contributed by atoms with van der Waals surface area (Å²) in [4.78, 5) is 23.0. The molecule has 12 heteroatoms. The second-order valence-electron chi connectivity index (χ2n) is 5.55. The van der Waals surface area contributed by atoms with Crippen LogP contribution >= 0.6 is 47.0 Å². The van der Waals surface area contributed by atoms with Gasteiger partial charge >= 0.3 is 0 Å². The van der Waals surface area contributed by atoms with Crippen molar-refractivity contribution in [2.75, 3.05) is 12.4 Å². The van der Waals surface area contributed by atoms with E-state index >= 15 is 0 Å². The lowest BCUT2D eigenvalue weighted by atomic mass is 10.1. The Bertz CT molecular complexity index is 906. The number of ether oxygens (including phenoxy) is 1. The minimum atomic E-state index is -2.01. The van der Waals surface area contributed by atoms with Gasteiger partial charge in [-0.2, -0.15) is 0 Å². The molecule has 8 nitrogen and oxygen atoms in total. The Hall–Kier alpha value is -2.33. The summed E-state index contributed by atoms with van der Waals surface area (Å²) in [7, 11) is 1.54. The van der Waals surface area contributed by atoms with Gasteiger partial charge in [0.1, 0.15) is 17.5 Å². The number of carbonyl (C=O) groups excluding carboxylic acids is 1. The number of methoxy groups -OCH3 is 1. The molecule has 3 N–H and O–H groups in total. The number of nitro groups is 1. The number of nitrogens with one attached hydrogen (secondary N) is 3. The average molecular weight is 478 g/mol. The van der Waals surface area contributed by atoms with Crippen LogP contribution in [-0.4, -0.2) is 33.0 Å². The van der Waals surface area contributed by atoms with Gasteiger partial charge in [-0.1, -0.05) is 46.9 Å². The first-order chi connectivity index (χ1) is 13.6. The maximum Gasteiger partial charge on any atom is 0.282 e. The number of para-hydroxylation sites is 1. The molecule has 0 aliphatic carbocycles. The topological polar surface area (TPSA) is 106 Å². The third kappa shape index (κ3) is 6.60. The molecule has 0 saturated carbocycles. The minimum Gasteiger partial charge on any atom is -0.497 e. The zero-order valence-corrected chi connectivity index (χ0v) is 17.9. The molecule has 29 heavy (non-hydrogen) atoms. The SMILES string of the molecule is COc1ccc(NC(=S)N[C@H](NC(=O)c2ccccc2[N+](=O)[O-])C(Cl)(Cl)Cl)cc1. The van der Waals surface area contributed by atoms with Crippen LogP contribution in [0.25, 0.3) is 0 Å². The van der Waals surface area contributed by atoms with Crippen LogP contribution in [0.15, 0.2) is 48.5 Å². The number of nitrogens with zero attached hydrogens (tertiary/aromatic N) is 1. The lowest BCUT2D eigenvalue weighted by Gasteiger charge is -2.27.